The standard InChI is InChI=1S/C14H12Cl2N2O/c1-19-18-14(5-10-3-2-4-17-9-10)11-6-12(15)8-13(16)7-11/h2-4,6-9H,5H2,1H3/b18-14+. The van der Waals surface area contributed by atoms with Crippen molar-refractivity contribution in [2.24, 2.45) is 5.16 Å². The number of benzene rings is 1. The van der Waals surface area contributed by atoms with E-state index in [0.717, 1.165) is 16.8 Å². The first kappa shape index (κ1) is 13.8. The van der Waals surface area contributed by atoms with Crippen LogP contribution < -0.4 is 0 Å². The minimum Gasteiger partial charge on any atom is -0.399 e. The normalized spacial score (nSPS) is 11.4. The summed E-state index contributed by atoms with van der Waals surface area (Å²) in [5, 5.41) is 5.18. The lowest BCUT2D eigenvalue weighted by Crippen LogP contribution is -2.06. The van der Waals surface area contributed by atoms with Crippen molar-refractivity contribution >= 4 is 28.9 Å². The molecule has 2 aromatic rings. The fraction of sp³-hybridized carbons (Fsp3) is 0.143. The number of pyridine rings is 1. The molecule has 1 aromatic carbocycles. The van der Waals surface area contributed by atoms with Crippen LogP contribution in [0.1, 0.15) is 11.1 Å². The third-order valence-electron chi connectivity index (χ3n) is 2.49. The molecule has 0 aliphatic carbocycles. The molecule has 0 unspecified atom stereocenters. The molecule has 0 atom stereocenters. The second kappa shape index (κ2) is 6.55. The highest BCUT2D eigenvalue weighted by molar-refractivity contribution is 6.35. The smallest absolute Gasteiger partial charge is 0.106 e. The molecule has 0 aliphatic heterocycles. The van der Waals surface area contributed by atoms with Crippen molar-refractivity contribution in [3.8, 4) is 0 Å². The molecule has 98 valence electrons. The molecular formula is C14H12Cl2N2O. The summed E-state index contributed by atoms with van der Waals surface area (Å²) in [7, 11) is 1.51. The fourth-order valence-corrected chi connectivity index (χ4v) is 2.24. The second-order valence-corrected chi connectivity index (χ2v) is 4.79. The second-order valence-electron chi connectivity index (χ2n) is 3.92. The lowest BCUT2D eigenvalue weighted by molar-refractivity contribution is 0.213. The Labute approximate surface area is 121 Å². The summed E-state index contributed by atoms with van der Waals surface area (Å²) in [5.41, 5.74) is 2.62. The fourth-order valence-electron chi connectivity index (χ4n) is 1.71. The van der Waals surface area contributed by atoms with Crippen molar-refractivity contribution in [3.63, 3.8) is 0 Å². The van der Waals surface area contributed by atoms with Gasteiger partial charge in [0.25, 0.3) is 0 Å². The minimum absolute atomic E-state index is 0.567. The number of nitrogens with zero attached hydrogens (tertiary/aromatic N) is 2. The van der Waals surface area contributed by atoms with Crippen molar-refractivity contribution in [3.05, 3.63) is 63.9 Å². The molecule has 19 heavy (non-hydrogen) atoms. The zero-order valence-corrected chi connectivity index (χ0v) is 11.8. The lowest BCUT2D eigenvalue weighted by Gasteiger charge is -2.07. The van der Waals surface area contributed by atoms with Crippen LogP contribution >= 0.6 is 23.2 Å². The van der Waals surface area contributed by atoms with E-state index in [1.807, 2.05) is 24.3 Å². The minimum atomic E-state index is 0.567. The van der Waals surface area contributed by atoms with E-state index < -0.39 is 0 Å². The van der Waals surface area contributed by atoms with Gasteiger partial charge in [0, 0.05) is 34.4 Å². The van der Waals surface area contributed by atoms with Gasteiger partial charge < -0.3 is 4.84 Å². The van der Waals surface area contributed by atoms with Gasteiger partial charge in [-0.25, -0.2) is 0 Å². The monoisotopic (exact) mass is 294 g/mol. The molecule has 0 amide bonds. The first-order chi connectivity index (χ1) is 9.19. The average molecular weight is 295 g/mol. The van der Waals surface area contributed by atoms with Gasteiger partial charge in [0.15, 0.2) is 0 Å². The van der Waals surface area contributed by atoms with Crippen LogP contribution in [0.2, 0.25) is 10.0 Å². The molecule has 1 aromatic heterocycles. The number of hydrogen-bond donors (Lipinski definition) is 0. The molecule has 3 nitrogen and oxygen atoms in total. The Bertz CT molecular complexity index is 565. The summed E-state index contributed by atoms with van der Waals surface area (Å²) < 4.78 is 0. The molecule has 0 fully saturated rings. The number of oxime groups is 1. The van der Waals surface area contributed by atoms with Gasteiger partial charge in [0.2, 0.25) is 0 Å². The van der Waals surface area contributed by atoms with Crippen LogP contribution in [0.5, 0.6) is 0 Å². The van der Waals surface area contributed by atoms with E-state index >= 15 is 0 Å². The van der Waals surface area contributed by atoms with Crippen LogP contribution in [0.15, 0.2) is 47.9 Å². The summed E-state index contributed by atoms with van der Waals surface area (Å²) in [6.07, 6.45) is 4.11. The average Bonchev–Trinajstić information content (AvgIpc) is 2.38. The molecule has 0 radical (unpaired) electrons. The number of hydrogen-bond acceptors (Lipinski definition) is 3. The van der Waals surface area contributed by atoms with Gasteiger partial charge in [0.05, 0.1) is 5.71 Å². The number of aromatic nitrogens is 1. The Hall–Kier alpha value is -1.58. The van der Waals surface area contributed by atoms with Crippen molar-refractivity contribution in [1.29, 1.82) is 0 Å². The molecule has 0 N–H and O–H groups in total. The molecule has 1 heterocycles. The van der Waals surface area contributed by atoms with Crippen molar-refractivity contribution in [2.45, 2.75) is 6.42 Å². The maximum absolute atomic E-state index is 6.00. The molecule has 0 spiro atoms. The first-order valence-electron chi connectivity index (χ1n) is 5.64. The summed E-state index contributed by atoms with van der Waals surface area (Å²) >= 11 is 12.0. The SMILES string of the molecule is CO/N=C(\Cc1cccnc1)c1cc(Cl)cc(Cl)c1. The van der Waals surface area contributed by atoms with Crippen LogP contribution in [0, 0.1) is 0 Å². The van der Waals surface area contributed by atoms with Crippen LogP contribution in [0.25, 0.3) is 0 Å². The van der Waals surface area contributed by atoms with Gasteiger partial charge in [-0.05, 0) is 29.8 Å². The van der Waals surface area contributed by atoms with E-state index in [0.29, 0.717) is 16.5 Å². The highest BCUT2D eigenvalue weighted by Crippen LogP contribution is 2.20. The topological polar surface area (TPSA) is 34.5 Å². The summed E-state index contributed by atoms with van der Waals surface area (Å²) in [6.45, 7) is 0. The maximum Gasteiger partial charge on any atom is 0.106 e. The predicted molar refractivity (Wildman–Crippen MR) is 77.9 cm³/mol. The van der Waals surface area contributed by atoms with Crippen LogP contribution in [0.3, 0.4) is 0 Å². The van der Waals surface area contributed by atoms with E-state index in [-0.39, 0.29) is 0 Å². The van der Waals surface area contributed by atoms with Crippen molar-refractivity contribution < 1.29 is 4.84 Å². The highest BCUT2D eigenvalue weighted by atomic mass is 35.5. The van der Waals surface area contributed by atoms with Gasteiger partial charge in [0.1, 0.15) is 7.11 Å². The van der Waals surface area contributed by atoms with E-state index in [9.17, 15) is 0 Å². The van der Waals surface area contributed by atoms with Gasteiger partial charge >= 0.3 is 0 Å². The Morgan fingerprint density at radius 2 is 2.00 bits per heavy atom. The molecule has 2 rings (SSSR count). The number of halogens is 2. The third-order valence-corrected chi connectivity index (χ3v) is 2.93. The van der Waals surface area contributed by atoms with Crippen molar-refractivity contribution in [1.82, 2.24) is 4.98 Å². The quantitative estimate of drug-likeness (QED) is 0.631. The van der Waals surface area contributed by atoms with Gasteiger partial charge in [-0.1, -0.05) is 34.4 Å². The van der Waals surface area contributed by atoms with E-state index in [1.54, 1.807) is 18.5 Å². The van der Waals surface area contributed by atoms with Crippen molar-refractivity contribution in [2.75, 3.05) is 7.11 Å². The highest BCUT2D eigenvalue weighted by Gasteiger charge is 2.08. The zero-order chi connectivity index (χ0) is 13.7. The molecule has 0 aliphatic rings. The van der Waals surface area contributed by atoms with Gasteiger partial charge in [-0.3, -0.25) is 4.98 Å². The van der Waals surface area contributed by atoms with E-state index in [1.165, 1.54) is 7.11 Å². The van der Waals surface area contributed by atoms with Gasteiger partial charge in [-0.15, -0.1) is 0 Å². The van der Waals surface area contributed by atoms with Crippen LogP contribution in [-0.4, -0.2) is 17.8 Å². The Balaban J connectivity index is 2.33. The maximum atomic E-state index is 6.00. The molecule has 0 saturated heterocycles. The van der Waals surface area contributed by atoms with Crippen LogP contribution in [0.4, 0.5) is 0 Å². The summed E-state index contributed by atoms with van der Waals surface area (Å²) in [4.78, 5) is 8.97. The molecule has 0 saturated carbocycles. The lowest BCUT2D eigenvalue weighted by atomic mass is 10.0. The Kier molecular flexibility index (Phi) is 4.77. The Morgan fingerprint density at radius 1 is 1.26 bits per heavy atom. The van der Waals surface area contributed by atoms with Crippen LogP contribution in [-0.2, 0) is 11.3 Å². The number of rotatable bonds is 4. The molecule has 5 heteroatoms. The zero-order valence-electron chi connectivity index (χ0n) is 10.3. The predicted octanol–water partition coefficient (Wildman–Crippen LogP) is 3.98. The van der Waals surface area contributed by atoms with E-state index in [4.69, 9.17) is 28.0 Å². The largest absolute Gasteiger partial charge is 0.399 e. The molecule has 0 bridgehead atoms. The van der Waals surface area contributed by atoms with E-state index in [2.05, 4.69) is 10.1 Å². The first-order valence-corrected chi connectivity index (χ1v) is 6.40. The summed E-state index contributed by atoms with van der Waals surface area (Å²) in [5.74, 6) is 0. The Morgan fingerprint density at radius 3 is 2.58 bits per heavy atom. The molecular weight excluding hydrogens is 283 g/mol. The summed E-state index contributed by atoms with van der Waals surface area (Å²) in [6, 6.07) is 9.15. The third kappa shape index (κ3) is 3.94. The van der Waals surface area contributed by atoms with Gasteiger partial charge in [-0.2, -0.15) is 0 Å².